The third kappa shape index (κ3) is 4.44. The van der Waals surface area contributed by atoms with Crippen LogP contribution in [0.1, 0.15) is 26.2 Å². The maximum atomic E-state index is 11.1. The van der Waals surface area contributed by atoms with Crippen molar-refractivity contribution in [3.63, 3.8) is 0 Å². The molecule has 0 aromatic carbocycles. The Morgan fingerprint density at radius 3 is 2.89 bits per heavy atom. The van der Waals surface area contributed by atoms with Gasteiger partial charge in [0, 0.05) is 6.42 Å². The minimum Gasteiger partial charge on any atom is -0.466 e. The number of carbonyl (C=O) groups excluding carboxylic acids is 1. The van der Waals surface area contributed by atoms with Crippen molar-refractivity contribution in [1.29, 1.82) is 0 Å². The Bertz CT molecular complexity index is 433. The molecular weight excluding hydrogens is 306 g/mol. The Morgan fingerprint density at radius 2 is 2.33 bits per heavy atom. The number of hydrogen-bond acceptors (Lipinski definition) is 5. The fourth-order valence-electron chi connectivity index (χ4n) is 1.40. The highest BCUT2D eigenvalue weighted by Gasteiger charge is 2.18. The molecule has 0 amide bonds. The fourth-order valence-corrected chi connectivity index (χ4v) is 1.86. The number of unbranched alkanes of at least 4 members (excludes halogenated alkanes) is 1. The number of esters is 1. The number of aryl methyl sites for hydroxylation is 1. The molecule has 0 N–H and O–H groups in total. The van der Waals surface area contributed by atoms with E-state index in [9.17, 15) is 14.9 Å². The molecule has 100 valence electrons. The highest BCUT2D eigenvalue weighted by Crippen LogP contribution is 2.22. The van der Waals surface area contributed by atoms with Crippen molar-refractivity contribution in [2.24, 2.45) is 0 Å². The molecule has 0 radical (unpaired) electrons. The number of nitro groups is 1. The molecule has 0 unspecified atom stereocenters. The van der Waals surface area contributed by atoms with Gasteiger partial charge in [-0.2, -0.15) is 4.68 Å². The lowest BCUT2D eigenvalue weighted by molar-refractivity contribution is -0.390. The number of ether oxygens (including phenoxy) is 1. The Kier molecular flexibility index (Phi) is 5.76. The maximum absolute atomic E-state index is 11.1. The Balaban J connectivity index is 2.34. The molecule has 1 rings (SSSR count). The van der Waals surface area contributed by atoms with Crippen LogP contribution in [0.4, 0.5) is 5.82 Å². The molecular formula is C10H14BrN3O4. The molecule has 18 heavy (non-hydrogen) atoms. The molecule has 1 aromatic rings. The summed E-state index contributed by atoms with van der Waals surface area (Å²) in [4.78, 5) is 21.1. The van der Waals surface area contributed by atoms with Gasteiger partial charge in [-0.25, -0.2) is 0 Å². The number of halogens is 1. The van der Waals surface area contributed by atoms with Gasteiger partial charge in [0.05, 0.1) is 24.4 Å². The first-order chi connectivity index (χ1) is 8.54. The normalized spacial score (nSPS) is 10.3. The first-order valence-electron chi connectivity index (χ1n) is 5.57. The molecule has 8 heteroatoms. The minimum atomic E-state index is -0.542. The Morgan fingerprint density at radius 1 is 1.61 bits per heavy atom. The van der Waals surface area contributed by atoms with E-state index in [-0.39, 0.29) is 11.8 Å². The highest BCUT2D eigenvalue weighted by atomic mass is 79.9. The maximum Gasteiger partial charge on any atom is 0.404 e. The molecule has 1 aromatic heterocycles. The summed E-state index contributed by atoms with van der Waals surface area (Å²) in [6.45, 7) is 2.68. The summed E-state index contributed by atoms with van der Waals surface area (Å²) in [6, 6.07) is 0. The van der Waals surface area contributed by atoms with Gasteiger partial charge in [0.2, 0.25) is 0 Å². The van der Waals surface area contributed by atoms with Gasteiger partial charge in [0.15, 0.2) is 0 Å². The first kappa shape index (κ1) is 14.6. The molecule has 0 aliphatic carbocycles. The molecule has 0 aliphatic heterocycles. The fraction of sp³-hybridized carbons (Fsp3) is 0.600. The van der Waals surface area contributed by atoms with Gasteiger partial charge in [-0.3, -0.25) is 4.79 Å². The van der Waals surface area contributed by atoms with Gasteiger partial charge in [0.25, 0.3) is 0 Å². The largest absolute Gasteiger partial charge is 0.466 e. The lowest BCUT2D eigenvalue weighted by atomic mass is 10.2. The quantitative estimate of drug-likeness (QED) is 0.333. The SMILES string of the molecule is CCOC(=O)CCCCn1cc(Br)c([N+](=O)[O-])n1. The smallest absolute Gasteiger partial charge is 0.404 e. The molecule has 1 heterocycles. The lowest BCUT2D eigenvalue weighted by Crippen LogP contribution is -2.05. The third-order valence-electron chi connectivity index (χ3n) is 2.20. The highest BCUT2D eigenvalue weighted by molar-refractivity contribution is 9.10. The van der Waals surface area contributed by atoms with Crippen molar-refractivity contribution in [3.05, 3.63) is 20.8 Å². The summed E-state index contributed by atoms with van der Waals surface area (Å²) in [5, 5.41) is 14.4. The van der Waals surface area contributed by atoms with Gasteiger partial charge in [-0.15, -0.1) is 0 Å². The van der Waals surface area contributed by atoms with E-state index in [2.05, 4.69) is 21.0 Å². The van der Waals surface area contributed by atoms with E-state index in [1.54, 1.807) is 13.1 Å². The van der Waals surface area contributed by atoms with Crippen LogP contribution in [0.2, 0.25) is 0 Å². The zero-order valence-electron chi connectivity index (χ0n) is 9.97. The summed E-state index contributed by atoms with van der Waals surface area (Å²) in [5.41, 5.74) is 0. The average molecular weight is 320 g/mol. The van der Waals surface area contributed by atoms with Crippen molar-refractivity contribution in [1.82, 2.24) is 9.78 Å². The van der Waals surface area contributed by atoms with Crippen LogP contribution < -0.4 is 0 Å². The van der Waals surface area contributed by atoms with Crippen LogP contribution >= 0.6 is 15.9 Å². The van der Waals surface area contributed by atoms with Crippen LogP contribution in [0.25, 0.3) is 0 Å². The summed E-state index contributed by atoms with van der Waals surface area (Å²) in [7, 11) is 0. The van der Waals surface area contributed by atoms with E-state index in [1.165, 1.54) is 4.68 Å². The molecule has 0 bridgehead atoms. The molecule has 0 spiro atoms. The standard InChI is InChI=1S/C10H14BrN3O4/c1-2-18-9(15)5-3-4-6-13-7-8(11)10(12-13)14(16)17/h7H,2-6H2,1H3. The van der Waals surface area contributed by atoms with Crippen LogP contribution in [0, 0.1) is 10.1 Å². The van der Waals surface area contributed by atoms with Crippen molar-refractivity contribution < 1.29 is 14.5 Å². The van der Waals surface area contributed by atoms with E-state index >= 15 is 0 Å². The number of hydrogen-bond donors (Lipinski definition) is 0. The van der Waals surface area contributed by atoms with Crippen molar-refractivity contribution in [2.75, 3.05) is 6.61 Å². The van der Waals surface area contributed by atoms with Gasteiger partial charge in [-0.05, 0) is 40.6 Å². The summed E-state index contributed by atoms with van der Waals surface area (Å²) >= 11 is 3.07. The average Bonchev–Trinajstić information content (AvgIpc) is 2.66. The zero-order chi connectivity index (χ0) is 13.5. The van der Waals surface area contributed by atoms with E-state index in [0.717, 1.165) is 0 Å². The third-order valence-corrected chi connectivity index (χ3v) is 2.75. The van der Waals surface area contributed by atoms with E-state index in [0.29, 0.717) is 36.9 Å². The summed E-state index contributed by atoms with van der Waals surface area (Å²) in [5.74, 6) is -0.412. The number of rotatable bonds is 7. The second-order valence-corrected chi connectivity index (χ2v) is 4.44. The second kappa shape index (κ2) is 7.10. The van der Waals surface area contributed by atoms with Crippen LogP contribution in [0.15, 0.2) is 10.7 Å². The number of nitrogens with zero attached hydrogens (tertiary/aromatic N) is 3. The minimum absolute atomic E-state index is 0.194. The Hall–Kier alpha value is -1.44. The van der Waals surface area contributed by atoms with Crippen LogP contribution in [0.5, 0.6) is 0 Å². The molecule has 0 saturated heterocycles. The molecule has 7 nitrogen and oxygen atoms in total. The second-order valence-electron chi connectivity index (χ2n) is 3.58. The van der Waals surface area contributed by atoms with Crippen LogP contribution in [-0.4, -0.2) is 27.3 Å². The molecule has 0 aliphatic rings. The number of carbonyl (C=O) groups is 1. The predicted molar refractivity (Wildman–Crippen MR) is 67.1 cm³/mol. The van der Waals surface area contributed by atoms with Gasteiger partial charge < -0.3 is 14.9 Å². The zero-order valence-corrected chi connectivity index (χ0v) is 11.6. The van der Waals surface area contributed by atoms with Gasteiger partial charge in [0.1, 0.15) is 4.47 Å². The van der Waals surface area contributed by atoms with Gasteiger partial charge in [-0.1, -0.05) is 0 Å². The van der Waals surface area contributed by atoms with E-state index in [4.69, 9.17) is 4.74 Å². The Labute approximate surface area is 112 Å². The monoisotopic (exact) mass is 319 g/mol. The summed E-state index contributed by atoms with van der Waals surface area (Å²) in [6.07, 6.45) is 3.30. The van der Waals surface area contributed by atoms with Crippen molar-refractivity contribution in [3.8, 4) is 0 Å². The van der Waals surface area contributed by atoms with Crippen LogP contribution in [-0.2, 0) is 16.1 Å². The lowest BCUT2D eigenvalue weighted by Gasteiger charge is -2.00. The number of aromatic nitrogens is 2. The first-order valence-corrected chi connectivity index (χ1v) is 6.37. The van der Waals surface area contributed by atoms with Crippen molar-refractivity contribution in [2.45, 2.75) is 32.7 Å². The van der Waals surface area contributed by atoms with Crippen molar-refractivity contribution >= 4 is 27.7 Å². The molecule has 0 fully saturated rings. The summed E-state index contributed by atoms with van der Waals surface area (Å²) < 4.78 is 6.64. The van der Waals surface area contributed by atoms with E-state index in [1.807, 2.05) is 0 Å². The topological polar surface area (TPSA) is 87.3 Å². The van der Waals surface area contributed by atoms with Crippen LogP contribution in [0.3, 0.4) is 0 Å². The molecule has 0 atom stereocenters. The van der Waals surface area contributed by atoms with Gasteiger partial charge >= 0.3 is 11.8 Å². The van der Waals surface area contributed by atoms with E-state index < -0.39 is 4.92 Å². The molecule has 0 saturated carbocycles. The predicted octanol–water partition coefficient (Wildman–Crippen LogP) is 2.29.